The molecule has 0 amide bonds. The largest absolute Gasteiger partial charge is 0.396 e. The molecule has 0 aliphatic carbocycles. The summed E-state index contributed by atoms with van der Waals surface area (Å²) in [6, 6.07) is 6.03. The van der Waals surface area contributed by atoms with Crippen LogP contribution in [0.1, 0.15) is 11.4 Å². The van der Waals surface area contributed by atoms with Crippen LogP contribution in [0.5, 0.6) is 0 Å². The Labute approximate surface area is 166 Å². The molecule has 0 unspecified atom stereocenters. The molecule has 0 saturated carbocycles. The van der Waals surface area contributed by atoms with E-state index in [1.165, 1.54) is 0 Å². The minimum atomic E-state index is 0.201. The maximum Gasteiger partial charge on any atom is 0.225 e. The molecule has 2 aromatic heterocycles. The molecule has 2 aromatic rings. The quantitative estimate of drug-likeness (QED) is 0.839. The van der Waals surface area contributed by atoms with Crippen molar-refractivity contribution in [2.75, 3.05) is 57.4 Å². The summed E-state index contributed by atoms with van der Waals surface area (Å²) in [6.07, 6.45) is 1.82. The number of aliphatic hydroxyl groups is 1. The number of aliphatic hydroxyl groups excluding tert-OH is 1. The Hall–Kier alpha value is -2.09. The van der Waals surface area contributed by atoms with Gasteiger partial charge in [0.2, 0.25) is 5.95 Å². The summed E-state index contributed by atoms with van der Waals surface area (Å²) in [5.74, 6) is 1.40. The second-order valence-electron chi connectivity index (χ2n) is 7.85. The molecule has 4 heterocycles. The van der Waals surface area contributed by atoms with Crippen LogP contribution in [0, 0.1) is 25.7 Å². The van der Waals surface area contributed by atoms with E-state index in [9.17, 15) is 5.11 Å². The Balaban J connectivity index is 1.51. The van der Waals surface area contributed by atoms with Crippen LogP contribution in [-0.2, 0) is 4.74 Å². The predicted molar refractivity (Wildman–Crippen MR) is 108 cm³/mol. The van der Waals surface area contributed by atoms with Gasteiger partial charge in [0.05, 0.1) is 18.9 Å². The number of aromatic nitrogens is 3. The molecule has 2 aliphatic heterocycles. The molecule has 2 atom stereocenters. The summed E-state index contributed by atoms with van der Waals surface area (Å²) >= 11 is 0. The summed E-state index contributed by atoms with van der Waals surface area (Å²) in [6.45, 7) is 10.4. The first kappa shape index (κ1) is 19.2. The number of pyridine rings is 1. The zero-order valence-corrected chi connectivity index (χ0v) is 16.7. The van der Waals surface area contributed by atoms with Crippen molar-refractivity contribution in [3.05, 3.63) is 35.8 Å². The van der Waals surface area contributed by atoms with E-state index in [1.54, 1.807) is 0 Å². The molecular formula is C21H29N5O2. The monoisotopic (exact) mass is 383 g/mol. The van der Waals surface area contributed by atoms with Gasteiger partial charge in [-0.2, -0.15) is 0 Å². The Morgan fingerprint density at radius 1 is 1.07 bits per heavy atom. The molecule has 150 valence electrons. The SMILES string of the molecule is Cc1ccc(-c2ccnc(N3C[C@@H](CN4CCOCC4)[C@@H](CO)C3)n2)c(C)n1. The highest BCUT2D eigenvalue weighted by Gasteiger charge is 2.35. The van der Waals surface area contributed by atoms with Gasteiger partial charge in [0.1, 0.15) is 0 Å². The van der Waals surface area contributed by atoms with Gasteiger partial charge < -0.3 is 14.7 Å². The Morgan fingerprint density at radius 2 is 1.86 bits per heavy atom. The van der Waals surface area contributed by atoms with E-state index in [0.717, 1.165) is 74.5 Å². The average molecular weight is 383 g/mol. The first-order chi connectivity index (χ1) is 13.6. The lowest BCUT2D eigenvalue weighted by molar-refractivity contribution is 0.0268. The van der Waals surface area contributed by atoms with Crippen molar-refractivity contribution in [1.29, 1.82) is 0 Å². The second-order valence-corrected chi connectivity index (χ2v) is 7.85. The summed E-state index contributed by atoms with van der Waals surface area (Å²) in [4.78, 5) is 18.6. The van der Waals surface area contributed by atoms with Crippen LogP contribution in [-0.4, -0.2) is 77.5 Å². The van der Waals surface area contributed by atoms with Gasteiger partial charge in [-0.05, 0) is 38.0 Å². The predicted octanol–water partition coefficient (Wildman–Crippen LogP) is 1.53. The van der Waals surface area contributed by atoms with E-state index in [0.29, 0.717) is 5.92 Å². The van der Waals surface area contributed by atoms with Crippen molar-refractivity contribution >= 4 is 5.95 Å². The number of anilines is 1. The molecule has 2 fully saturated rings. The van der Waals surface area contributed by atoms with E-state index in [2.05, 4.69) is 25.8 Å². The first-order valence-corrected chi connectivity index (χ1v) is 10.1. The van der Waals surface area contributed by atoms with E-state index in [1.807, 2.05) is 32.2 Å². The van der Waals surface area contributed by atoms with Crippen molar-refractivity contribution in [3.63, 3.8) is 0 Å². The maximum atomic E-state index is 9.91. The second kappa shape index (κ2) is 8.51. The van der Waals surface area contributed by atoms with Crippen molar-refractivity contribution in [2.45, 2.75) is 13.8 Å². The molecule has 2 aliphatic rings. The van der Waals surface area contributed by atoms with Gasteiger partial charge in [0, 0.05) is 68.4 Å². The lowest BCUT2D eigenvalue weighted by Crippen LogP contribution is -2.41. The van der Waals surface area contributed by atoms with Crippen LogP contribution in [0.4, 0.5) is 5.95 Å². The third-order valence-corrected chi connectivity index (χ3v) is 5.83. The summed E-state index contributed by atoms with van der Waals surface area (Å²) in [5, 5.41) is 9.91. The highest BCUT2D eigenvalue weighted by Crippen LogP contribution is 2.29. The average Bonchev–Trinajstić information content (AvgIpc) is 3.12. The minimum absolute atomic E-state index is 0.201. The molecule has 2 saturated heterocycles. The summed E-state index contributed by atoms with van der Waals surface area (Å²) in [5.41, 5.74) is 3.92. The van der Waals surface area contributed by atoms with Crippen molar-refractivity contribution in [3.8, 4) is 11.3 Å². The Bertz CT molecular complexity index is 809. The van der Waals surface area contributed by atoms with Crippen molar-refractivity contribution < 1.29 is 9.84 Å². The van der Waals surface area contributed by atoms with Gasteiger partial charge in [-0.1, -0.05) is 0 Å². The molecule has 4 rings (SSSR count). The van der Waals surface area contributed by atoms with E-state index in [-0.39, 0.29) is 12.5 Å². The van der Waals surface area contributed by atoms with Crippen LogP contribution in [0.25, 0.3) is 11.3 Å². The molecular weight excluding hydrogens is 354 g/mol. The van der Waals surface area contributed by atoms with Crippen LogP contribution in [0.2, 0.25) is 0 Å². The van der Waals surface area contributed by atoms with E-state index in [4.69, 9.17) is 9.72 Å². The van der Waals surface area contributed by atoms with Gasteiger partial charge in [-0.15, -0.1) is 0 Å². The van der Waals surface area contributed by atoms with Crippen LogP contribution in [0.3, 0.4) is 0 Å². The molecule has 0 aromatic carbocycles. The van der Waals surface area contributed by atoms with E-state index < -0.39 is 0 Å². The fourth-order valence-corrected chi connectivity index (χ4v) is 4.24. The highest BCUT2D eigenvalue weighted by molar-refractivity contribution is 5.62. The third-order valence-electron chi connectivity index (χ3n) is 5.83. The zero-order valence-electron chi connectivity index (χ0n) is 16.7. The summed E-state index contributed by atoms with van der Waals surface area (Å²) in [7, 11) is 0. The first-order valence-electron chi connectivity index (χ1n) is 10.1. The number of nitrogens with zero attached hydrogens (tertiary/aromatic N) is 5. The minimum Gasteiger partial charge on any atom is -0.396 e. The number of hydrogen-bond donors (Lipinski definition) is 1. The van der Waals surface area contributed by atoms with Gasteiger partial charge in [-0.25, -0.2) is 9.97 Å². The van der Waals surface area contributed by atoms with Gasteiger partial charge in [-0.3, -0.25) is 9.88 Å². The smallest absolute Gasteiger partial charge is 0.225 e. The molecule has 0 spiro atoms. The molecule has 0 radical (unpaired) electrons. The number of morpholine rings is 1. The molecule has 28 heavy (non-hydrogen) atoms. The van der Waals surface area contributed by atoms with Crippen molar-refractivity contribution in [1.82, 2.24) is 19.9 Å². The molecule has 0 bridgehead atoms. The summed E-state index contributed by atoms with van der Waals surface area (Å²) < 4.78 is 5.45. The molecule has 1 N–H and O–H groups in total. The Kier molecular flexibility index (Phi) is 5.85. The highest BCUT2D eigenvalue weighted by atomic mass is 16.5. The fourth-order valence-electron chi connectivity index (χ4n) is 4.24. The zero-order chi connectivity index (χ0) is 19.5. The van der Waals surface area contributed by atoms with Crippen LogP contribution in [0.15, 0.2) is 24.4 Å². The van der Waals surface area contributed by atoms with Crippen molar-refractivity contribution in [2.24, 2.45) is 11.8 Å². The number of rotatable bonds is 5. The fraction of sp³-hybridized carbons (Fsp3) is 0.571. The molecule has 7 heteroatoms. The topological polar surface area (TPSA) is 74.6 Å². The van der Waals surface area contributed by atoms with E-state index >= 15 is 0 Å². The number of aryl methyl sites for hydroxylation is 2. The van der Waals surface area contributed by atoms with Gasteiger partial charge in [0.15, 0.2) is 0 Å². The number of hydrogen-bond acceptors (Lipinski definition) is 7. The normalized spacial score (nSPS) is 23.3. The lowest BCUT2D eigenvalue weighted by atomic mass is 9.96. The Morgan fingerprint density at radius 3 is 2.61 bits per heavy atom. The number of ether oxygens (including phenoxy) is 1. The van der Waals surface area contributed by atoms with Crippen LogP contribution < -0.4 is 4.90 Å². The van der Waals surface area contributed by atoms with Gasteiger partial charge >= 0.3 is 0 Å². The van der Waals surface area contributed by atoms with Crippen LogP contribution >= 0.6 is 0 Å². The third kappa shape index (κ3) is 4.16. The lowest BCUT2D eigenvalue weighted by Gasteiger charge is -2.30. The standard InChI is InChI=1S/C21H29N5O2/c1-15-3-4-19(16(2)23-15)20-5-6-22-21(24-20)26-12-17(18(13-26)14-27)11-25-7-9-28-10-8-25/h3-6,17-18,27H,7-14H2,1-2H3/t17-,18-/m1/s1. The molecule has 7 nitrogen and oxygen atoms in total. The van der Waals surface area contributed by atoms with Gasteiger partial charge in [0.25, 0.3) is 0 Å². The maximum absolute atomic E-state index is 9.91.